The predicted molar refractivity (Wildman–Crippen MR) is 123 cm³/mol. The number of anilines is 1. The molecule has 0 saturated heterocycles. The van der Waals surface area contributed by atoms with Crippen LogP contribution in [0.15, 0.2) is 54.7 Å². The molecule has 0 aliphatic heterocycles. The third-order valence-electron chi connectivity index (χ3n) is 5.22. The summed E-state index contributed by atoms with van der Waals surface area (Å²) in [6, 6.07) is 14.4. The molecule has 7 nitrogen and oxygen atoms in total. The fourth-order valence-corrected chi connectivity index (χ4v) is 4.32. The van der Waals surface area contributed by atoms with Gasteiger partial charge in [-0.05, 0) is 42.3 Å². The van der Waals surface area contributed by atoms with Gasteiger partial charge in [0.2, 0.25) is 0 Å². The minimum atomic E-state index is -2.71. The minimum absolute atomic E-state index is 0.203. The molecule has 3 aromatic rings. The van der Waals surface area contributed by atoms with Crippen molar-refractivity contribution < 1.29 is 17.8 Å². The Kier molecular flexibility index (Phi) is 7.61. The zero-order chi connectivity index (χ0) is 22.6. The van der Waals surface area contributed by atoms with Crippen LogP contribution in [0.4, 0.5) is 5.69 Å². The van der Waals surface area contributed by atoms with E-state index < -0.39 is 16.9 Å². The maximum absolute atomic E-state index is 13.5. The molecule has 166 valence electrons. The molecule has 0 spiro atoms. The zero-order valence-corrected chi connectivity index (χ0v) is 19.3. The summed E-state index contributed by atoms with van der Waals surface area (Å²) in [6.45, 7) is 2.26. The van der Waals surface area contributed by atoms with Gasteiger partial charge >= 0.3 is 0 Å². The Morgan fingerprint density at radius 2 is 1.97 bits per heavy atom. The highest BCUT2D eigenvalue weighted by atomic mass is 35.5. The van der Waals surface area contributed by atoms with E-state index in [1.54, 1.807) is 24.3 Å². The van der Waals surface area contributed by atoms with E-state index >= 15 is 0 Å². The van der Waals surface area contributed by atoms with Crippen LogP contribution in [0, 0.1) is 0 Å². The minimum Gasteiger partial charge on any atom is -0.748 e. The molecule has 2 atom stereocenters. The van der Waals surface area contributed by atoms with Crippen molar-refractivity contribution in [3.63, 3.8) is 0 Å². The lowest BCUT2D eigenvalue weighted by Crippen LogP contribution is -2.49. The topological polar surface area (TPSA) is 86.6 Å². The number of halogens is 2. The van der Waals surface area contributed by atoms with E-state index in [-0.39, 0.29) is 11.8 Å². The molecule has 0 bridgehead atoms. The highest BCUT2D eigenvalue weighted by Gasteiger charge is 2.41. The van der Waals surface area contributed by atoms with Gasteiger partial charge in [-0.15, -0.1) is 11.6 Å². The summed E-state index contributed by atoms with van der Waals surface area (Å²) in [5.74, 6) is 0.0862. The number of nitrogens with zero attached hydrogens (tertiary/aromatic N) is 2. The molecule has 0 fully saturated rings. The van der Waals surface area contributed by atoms with E-state index in [2.05, 4.69) is 5.32 Å². The quantitative estimate of drug-likeness (QED) is 0.283. The fourth-order valence-electron chi connectivity index (χ4n) is 3.84. The molecule has 3 rings (SSSR count). The van der Waals surface area contributed by atoms with Crippen molar-refractivity contribution in [3.8, 4) is 0 Å². The second kappa shape index (κ2) is 10.0. The molecule has 2 aromatic carbocycles. The number of carbonyl (C=O) groups is 1. The number of rotatable bonds is 9. The lowest BCUT2D eigenvalue weighted by atomic mass is 9.85. The normalized spacial score (nSPS) is 14.2. The van der Waals surface area contributed by atoms with Crippen molar-refractivity contribution in [2.75, 3.05) is 24.5 Å². The average molecular weight is 483 g/mol. The number of aromatic nitrogens is 1. The van der Waals surface area contributed by atoms with Crippen molar-refractivity contribution in [2.45, 2.75) is 18.9 Å². The number of benzene rings is 2. The molecule has 0 radical (unpaired) electrons. The Labute approximate surface area is 193 Å². The molecular formula is C21H22Cl2N3O4S-. The summed E-state index contributed by atoms with van der Waals surface area (Å²) in [6.07, 6.45) is 2.27. The number of carbonyl (C=O) groups excluding carboxylic acids is 1. The van der Waals surface area contributed by atoms with Crippen LogP contribution in [0.25, 0.3) is 10.9 Å². The summed E-state index contributed by atoms with van der Waals surface area (Å²) >= 11 is 9.19. The van der Waals surface area contributed by atoms with E-state index in [0.717, 1.165) is 16.5 Å². The van der Waals surface area contributed by atoms with Crippen LogP contribution < -0.4 is 10.4 Å². The van der Waals surface area contributed by atoms with Gasteiger partial charge in [-0.3, -0.25) is 4.79 Å². The largest absolute Gasteiger partial charge is 0.748 e. The molecule has 1 amide bonds. The maximum Gasteiger partial charge on any atom is 0.250 e. The van der Waals surface area contributed by atoms with E-state index in [4.69, 9.17) is 27.5 Å². The molecule has 31 heavy (non-hydrogen) atoms. The third-order valence-corrected chi connectivity index (χ3v) is 6.01. The van der Waals surface area contributed by atoms with Gasteiger partial charge in [-0.2, -0.15) is 4.28 Å². The van der Waals surface area contributed by atoms with Crippen molar-refractivity contribution in [2.24, 2.45) is 0 Å². The molecule has 10 heteroatoms. The SMILES string of the molecule is CCC(C(=O)NCCCl)(c1ccc(Cl)cc1)n1ccc2c(N(C)OS(=O)[O-])cccc21. The molecule has 2 unspecified atom stereocenters. The van der Waals surface area contributed by atoms with E-state index in [9.17, 15) is 13.6 Å². The monoisotopic (exact) mass is 482 g/mol. The van der Waals surface area contributed by atoms with Gasteiger partial charge in [0.05, 0.1) is 11.2 Å². The molecular weight excluding hydrogens is 461 g/mol. The van der Waals surface area contributed by atoms with Gasteiger partial charge in [0.1, 0.15) is 16.9 Å². The van der Waals surface area contributed by atoms with Gasteiger partial charge in [0.25, 0.3) is 5.91 Å². The Bertz CT molecular complexity index is 1090. The summed E-state index contributed by atoms with van der Waals surface area (Å²) in [4.78, 5) is 13.5. The van der Waals surface area contributed by atoms with Crippen molar-refractivity contribution in [3.05, 3.63) is 65.3 Å². The van der Waals surface area contributed by atoms with Crippen LogP contribution >= 0.6 is 23.2 Å². The lowest BCUT2D eigenvalue weighted by Gasteiger charge is -2.35. The Hall–Kier alpha value is -2.10. The Morgan fingerprint density at radius 3 is 2.58 bits per heavy atom. The second-order valence-electron chi connectivity index (χ2n) is 6.84. The van der Waals surface area contributed by atoms with Gasteiger partial charge in [0.15, 0.2) is 0 Å². The number of hydrogen-bond donors (Lipinski definition) is 1. The molecule has 0 aliphatic carbocycles. The number of hydrogen-bond acceptors (Lipinski definition) is 5. The predicted octanol–water partition coefficient (Wildman–Crippen LogP) is 3.97. The van der Waals surface area contributed by atoms with Crippen LogP contribution in [0.5, 0.6) is 0 Å². The average Bonchev–Trinajstić information content (AvgIpc) is 3.18. The van der Waals surface area contributed by atoms with Gasteiger partial charge in [-0.25, -0.2) is 9.27 Å². The van der Waals surface area contributed by atoms with Gasteiger partial charge in [-0.1, -0.05) is 36.7 Å². The van der Waals surface area contributed by atoms with Crippen molar-refractivity contribution in [1.29, 1.82) is 0 Å². The van der Waals surface area contributed by atoms with Gasteiger partial charge < -0.3 is 14.4 Å². The van der Waals surface area contributed by atoms with Crippen molar-refractivity contribution in [1.82, 2.24) is 9.88 Å². The number of alkyl halides is 1. The van der Waals surface area contributed by atoms with Crippen LogP contribution in [0.3, 0.4) is 0 Å². The second-order valence-corrected chi connectivity index (χ2v) is 8.21. The summed E-state index contributed by atoms with van der Waals surface area (Å²) in [5, 5.41) is 5.38. The highest BCUT2D eigenvalue weighted by Crippen LogP contribution is 2.37. The smallest absolute Gasteiger partial charge is 0.250 e. The number of nitrogens with one attached hydrogen (secondary N) is 1. The van der Waals surface area contributed by atoms with Crippen LogP contribution in [-0.4, -0.2) is 38.7 Å². The fraction of sp³-hybridized carbons (Fsp3) is 0.286. The van der Waals surface area contributed by atoms with E-state index in [1.165, 1.54) is 12.1 Å². The molecule has 1 aromatic heterocycles. The van der Waals surface area contributed by atoms with Crippen molar-refractivity contribution >= 4 is 57.1 Å². The first-order valence-corrected chi connectivity index (χ1v) is 11.5. The first-order chi connectivity index (χ1) is 14.8. The van der Waals surface area contributed by atoms with Gasteiger partial charge in [0, 0.05) is 36.1 Å². The van der Waals surface area contributed by atoms with E-state index in [0.29, 0.717) is 23.7 Å². The molecule has 0 aliphatic rings. The first kappa shape index (κ1) is 23.6. The zero-order valence-electron chi connectivity index (χ0n) is 17.0. The van der Waals surface area contributed by atoms with Crippen LogP contribution in [-0.2, 0) is 26.0 Å². The Balaban J connectivity index is 2.23. The first-order valence-electron chi connectivity index (χ1n) is 9.57. The van der Waals surface area contributed by atoms with Crippen LogP contribution in [0.1, 0.15) is 18.9 Å². The molecule has 0 saturated carbocycles. The Morgan fingerprint density at radius 1 is 1.26 bits per heavy atom. The third kappa shape index (κ3) is 4.58. The summed E-state index contributed by atoms with van der Waals surface area (Å²) in [7, 11) is 1.50. The lowest BCUT2D eigenvalue weighted by molar-refractivity contribution is -0.127. The number of hydroxylamine groups is 1. The standard InChI is InChI=1S/C21H23Cl2N3O4S/c1-3-21(20(27)24-13-12-22,15-7-9-16(23)10-8-15)26-14-11-17-18(5-4-6-19(17)26)25(2)30-31(28)29/h4-11,14H,3,12-13H2,1-2H3,(H,24,27)(H,28,29)/p-1. The highest BCUT2D eigenvalue weighted by molar-refractivity contribution is 7.74. The number of fused-ring (bicyclic) bond motifs is 1. The molecule has 1 N–H and O–H groups in total. The summed E-state index contributed by atoms with van der Waals surface area (Å²) in [5.41, 5.74) is 0.975. The number of amides is 1. The van der Waals surface area contributed by atoms with Crippen LogP contribution in [0.2, 0.25) is 5.02 Å². The summed E-state index contributed by atoms with van der Waals surface area (Å²) < 4.78 is 28.7. The maximum atomic E-state index is 13.5. The van der Waals surface area contributed by atoms with E-state index in [1.807, 2.05) is 42.0 Å². The molecule has 1 heterocycles.